The number of hydrogen-bond donors (Lipinski definition) is 1. The quantitative estimate of drug-likeness (QED) is 0.868. The summed E-state index contributed by atoms with van der Waals surface area (Å²) in [5.74, 6) is 0.298. The Kier molecular flexibility index (Phi) is 4.22. The standard InChI is InChI=1S/C12H15Cl2NO2S/c13-9-12(6-1-2-7-12)15-18(16,17)11-5-3-4-10(14)8-11/h3-5,8,15H,1-2,6-7,9H2. The van der Waals surface area contributed by atoms with Crippen LogP contribution in [-0.4, -0.2) is 19.8 Å². The Bertz CT molecular complexity index is 525. The Labute approximate surface area is 118 Å². The molecule has 6 heteroatoms. The van der Waals surface area contributed by atoms with Gasteiger partial charge in [-0.15, -0.1) is 11.6 Å². The van der Waals surface area contributed by atoms with Crippen LogP contribution in [0.3, 0.4) is 0 Å². The highest BCUT2D eigenvalue weighted by atomic mass is 35.5. The molecule has 0 amide bonds. The molecule has 1 aromatic carbocycles. The highest BCUT2D eigenvalue weighted by Crippen LogP contribution is 2.32. The van der Waals surface area contributed by atoms with Gasteiger partial charge in [-0.1, -0.05) is 30.5 Å². The van der Waals surface area contributed by atoms with Crippen molar-refractivity contribution in [3.63, 3.8) is 0 Å². The lowest BCUT2D eigenvalue weighted by Crippen LogP contribution is -2.47. The van der Waals surface area contributed by atoms with Crippen LogP contribution in [0.25, 0.3) is 0 Å². The second-order valence-electron chi connectivity index (χ2n) is 4.68. The minimum absolute atomic E-state index is 0.186. The van der Waals surface area contributed by atoms with Gasteiger partial charge in [-0.05, 0) is 31.0 Å². The van der Waals surface area contributed by atoms with Gasteiger partial charge in [0, 0.05) is 16.4 Å². The molecule has 1 saturated carbocycles. The van der Waals surface area contributed by atoms with Crippen molar-refractivity contribution < 1.29 is 8.42 Å². The lowest BCUT2D eigenvalue weighted by Gasteiger charge is -2.27. The fourth-order valence-corrected chi connectivity index (χ4v) is 4.47. The fourth-order valence-electron chi connectivity index (χ4n) is 2.29. The summed E-state index contributed by atoms with van der Waals surface area (Å²) in [6.45, 7) is 0. The first-order valence-corrected chi connectivity index (χ1v) is 8.23. The van der Waals surface area contributed by atoms with Crippen LogP contribution in [0.1, 0.15) is 25.7 Å². The third-order valence-electron chi connectivity index (χ3n) is 3.27. The molecule has 1 aliphatic rings. The van der Waals surface area contributed by atoms with Gasteiger partial charge in [0.05, 0.1) is 4.90 Å². The van der Waals surface area contributed by atoms with Gasteiger partial charge in [-0.25, -0.2) is 13.1 Å². The summed E-state index contributed by atoms with van der Waals surface area (Å²) in [5, 5.41) is 0.407. The number of nitrogens with one attached hydrogen (secondary N) is 1. The average molecular weight is 308 g/mol. The van der Waals surface area contributed by atoms with Gasteiger partial charge < -0.3 is 0 Å². The summed E-state index contributed by atoms with van der Waals surface area (Å²) < 4.78 is 27.3. The SMILES string of the molecule is O=S(=O)(NC1(CCl)CCCC1)c1cccc(Cl)c1. The molecule has 1 aromatic rings. The number of hydrogen-bond acceptors (Lipinski definition) is 2. The van der Waals surface area contributed by atoms with E-state index in [9.17, 15) is 8.42 Å². The molecule has 0 spiro atoms. The van der Waals surface area contributed by atoms with Gasteiger partial charge >= 0.3 is 0 Å². The van der Waals surface area contributed by atoms with Crippen LogP contribution in [0.4, 0.5) is 0 Å². The molecule has 0 atom stereocenters. The zero-order valence-electron chi connectivity index (χ0n) is 9.83. The van der Waals surface area contributed by atoms with E-state index in [-0.39, 0.29) is 4.90 Å². The number of sulfonamides is 1. The van der Waals surface area contributed by atoms with E-state index in [4.69, 9.17) is 23.2 Å². The van der Waals surface area contributed by atoms with Crippen LogP contribution in [0.15, 0.2) is 29.2 Å². The van der Waals surface area contributed by atoms with E-state index in [1.807, 2.05) is 0 Å². The maximum absolute atomic E-state index is 12.3. The predicted molar refractivity (Wildman–Crippen MR) is 73.7 cm³/mol. The summed E-state index contributed by atoms with van der Waals surface area (Å²) in [6, 6.07) is 6.25. The Hall–Kier alpha value is -0.290. The summed E-state index contributed by atoms with van der Waals surface area (Å²) >= 11 is 11.8. The smallest absolute Gasteiger partial charge is 0.207 e. The van der Waals surface area contributed by atoms with Gasteiger partial charge in [0.15, 0.2) is 0 Å². The van der Waals surface area contributed by atoms with Gasteiger partial charge in [0.1, 0.15) is 0 Å². The third kappa shape index (κ3) is 2.99. The number of rotatable bonds is 4. The zero-order chi connectivity index (χ0) is 13.2. The van der Waals surface area contributed by atoms with Gasteiger partial charge in [-0.2, -0.15) is 0 Å². The second kappa shape index (κ2) is 5.37. The Morgan fingerprint density at radius 2 is 1.94 bits per heavy atom. The first-order valence-electron chi connectivity index (χ1n) is 5.83. The molecule has 0 aromatic heterocycles. The van der Waals surface area contributed by atoms with Crippen LogP contribution >= 0.6 is 23.2 Å². The molecule has 1 aliphatic carbocycles. The molecule has 2 rings (SSSR count). The largest absolute Gasteiger partial charge is 0.241 e. The zero-order valence-corrected chi connectivity index (χ0v) is 12.2. The minimum Gasteiger partial charge on any atom is -0.207 e. The lowest BCUT2D eigenvalue weighted by atomic mass is 10.0. The normalized spacial score (nSPS) is 19.0. The van der Waals surface area contributed by atoms with Gasteiger partial charge in [-0.3, -0.25) is 0 Å². The van der Waals surface area contributed by atoms with E-state index in [0.717, 1.165) is 25.7 Å². The van der Waals surface area contributed by atoms with Crippen molar-refractivity contribution in [3.05, 3.63) is 29.3 Å². The molecular formula is C12H15Cl2NO2S. The monoisotopic (exact) mass is 307 g/mol. The van der Waals surface area contributed by atoms with E-state index in [2.05, 4.69) is 4.72 Å². The Balaban J connectivity index is 2.27. The van der Waals surface area contributed by atoms with Crippen LogP contribution < -0.4 is 4.72 Å². The lowest BCUT2D eigenvalue weighted by molar-refractivity contribution is 0.433. The average Bonchev–Trinajstić information content (AvgIpc) is 2.77. The molecule has 0 radical (unpaired) electrons. The highest BCUT2D eigenvalue weighted by molar-refractivity contribution is 7.89. The molecule has 0 saturated heterocycles. The van der Waals surface area contributed by atoms with Crippen molar-refractivity contribution >= 4 is 33.2 Å². The molecule has 0 bridgehead atoms. The van der Waals surface area contributed by atoms with Crippen LogP contribution in [0.2, 0.25) is 5.02 Å². The summed E-state index contributed by atoms with van der Waals surface area (Å²) in [5.41, 5.74) is -0.497. The van der Waals surface area contributed by atoms with Gasteiger partial charge in [0.2, 0.25) is 10.0 Å². The molecule has 1 fully saturated rings. The maximum atomic E-state index is 12.3. The van der Waals surface area contributed by atoms with E-state index < -0.39 is 15.6 Å². The van der Waals surface area contributed by atoms with Crippen molar-refractivity contribution in [1.82, 2.24) is 4.72 Å². The Morgan fingerprint density at radius 1 is 1.28 bits per heavy atom. The molecule has 100 valence electrons. The molecule has 1 N–H and O–H groups in total. The summed E-state index contributed by atoms with van der Waals surface area (Å²) in [4.78, 5) is 0.186. The molecular weight excluding hydrogens is 293 g/mol. The van der Waals surface area contributed by atoms with E-state index in [0.29, 0.717) is 10.9 Å². The van der Waals surface area contributed by atoms with Crippen molar-refractivity contribution in [2.24, 2.45) is 0 Å². The molecule has 0 aliphatic heterocycles. The highest BCUT2D eigenvalue weighted by Gasteiger charge is 2.37. The summed E-state index contributed by atoms with van der Waals surface area (Å²) in [6.07, 6.45) is 3.59. The first-order chi connectivity index (χ1) is 8.47. The van der Waals surface area contributed by atoms with E-state index in [1.165, 1.54) is 12.1 Å². The number of benzene rings is 1. The van der Waals surface area contributed by atoms with Crippen molar-refractivity contribution in [2.75, 3.05) is 5.88 Å². The van der Waals surface area contributed by atoms with Crippen molar-refractivity contribution in [1.29, 1.82) is 0 Å². The van der Waals surface area contributed by atoms with Crippen molar-refractivity contribution in [3.8, 4) is 0 Å². The van der Waals surface area contributed by atoms with Crippen LogP contribution in [-0.2, 0) is 10.0 Å². The van der Waals surface area contributed by atoms with Crippen LogP contribution in [0, 0.1) is 0 Å². The number of halogens is 2. The second-order valence-corrected chi connectivity index (χ2v) is 7.07. The molecule has 3 nitrogen and oxygen atoms in total. The fraction of sp³-hybridized carbons (Fsp3) is 0.500. The maximum Gasteiger partial charge on any atom is 0.241 e. The molecule has 0 heterocycles. The molecule has 18 heavy (non-hydrogen) atoms. The summed E-state index contributed by atoms with van der Waals surface area (Å²) in [7, 11) is -3.56. The first kappa shape index (κ1) is 14.1. The van der Waals surface area contributed by atoms with E-state index in [1.54, 1.807) is 12.1 Å². The Morgan fingerprint density at radius 3 is 2.50 bits per heavy atom. The van der Waals surface area contributed by atoms with Crippen molar-refractivity contribution in [2.45, 2.75) is 36.1 Å². The third-order valence-corrected chi connectivity index (χ3v) is 5.60. The predicted octanol–water partition coefficient (Wildman–Crippen LogP) is 3.17. The topological polar surface area (TPSA) is 46.2 Å². The van der Waals surface area contributed by atoms with Gasteiger partial charge in [0.25, 0.3) is 0 Å². The van der Waals surface area contributed by atoms with Crippen LogP contribution in [0.5, 0.6) is 0 Å². The van der Waals surface area contributed by atoms with E-state index >= 15 is 0 Å². The number of alkyl halides is 1. The minimum atomic E-state index is -3.56. The molecule has 0 unspecified atom stereocenters.